The standard InChI is InChI=1S/C19H23NO2S/c1-4-22-18-8-6-5-7-16(18)12-23-13-19(21)20-17-10-9-14(2)15(3)11-17/h5-11H,4,12-13H2,1-3H3,(H,20,21). The summed E-state index contributed by atoms with van der Waals surface area (Å²) in [4.78, 5) is 12.0. The second-order valence-corrected chi connectivity index (χ2v) is 6.37. The number of hydrogen-bond donors (Lipinski definition) is 1. The molecule has 2 aromatic carbocycles. The highest BCUT2D eigenvalue weighted by Gasteiger charge is 2.06. The van der Waals surface area contributed by atoms with Gasteiger partial charge in [-0.2, -0.15) is 0 Å². The number of hydrogen-bond acceptors (Lipinski definition) is 3. The number of anilines is 1. The van der Waals surface area contributed by atoms with Crippen LogP contribution in [0.5, 0.6) is 5.75 Å². The van der Waals surface area contributed by atoms with E-state index in [2.05, 4.69) is 12.2 Å². The van der Waals surface area contributed by atoms with Crippen molar-refractivity contribution in [1.82, 2.24) is 0 Å². The number of para-hydroxylation sites is 1. The van der Waals surface area contributed by atoms with E-state index in [0.29, 0.717) is 12.4 Å². The molecule has 0 spiro atoms. The monoisotopic (exact) mass is 329 g/mol. The lowest BCUT2D eigenvalue weighted by Gasteiger charge is -2.10. The van der Waals surface area contributed by atoms with Crippen molar-refractivity contribution >= 4 is 23.4 Å². The van der Waals surface area contributed by atoms with E-state index in [1.165, 1.54) is 11.1 Å². The summed E-state index contributed by atoms with van der Waals surface area (Å²) in [6.45, 7) is 6.73. The Morgan fingerprint density at radius 3 is 2.65 bits per heavy atom. The van der Waals surface area contributed by atoms with E-state index in [-0.39, 0.29) is 5.91 Å². The zero-order valence-corrected chi connectivity index (χ0v) is 14.7. The first-order chi connectivity index (χ1) is 11.1. The van der Waals surface area contributed by atoms with Crippen molar-refractivity contribution in [1.29, 1.82) is 0 Å². The molecular weight excluding hydrogens is 306 g/mol. The van der Waals surface area contributed by atoms with Crippen LogP contribution >= 0.6 is 11.8 Å². The van der Waals surface area contributed by atoms with Gasteiger partial charge in [0, 0.05) is 17.0 Å². The minimum absolute atomic E-state index is 0.0205. The SMILES string of the molecule is CCOc1ccccc1CSCC(=O)Nc1ccc(C)c(C)c1. The Labute approximate surface area is 142 Å². The van der Waals surface area contributed by atoms with Gasteiger partial charge in [0.15, 0.2) is 0 Å². The zero-order valence-electron chi connectivity index (χ0n) is 13.9. The molecule has 0 saturated heterocycles. The molecule has 0 aromatic heterocycles. The number of benzene rings is 2. The molecular formula is C19H23NO2S. The quantitative estimate of drug-likeness (QED) is 0.808. The largest absolute Gasteiger partial charge is 0.494 e. The van der Waals surface area contributed by atoms with Gasteiger partial charge >= 0.3 is 0 Å². The Morgan fingerprint density at radius 2 is 1.91 bits per heavy atom. The normalized spacial score (nSPS) is 10.4. The molecule has 0 unspecified atom stereocenters. The number of rotatable bonds is 7. The summed E-state index contributed by atoms with van der Waals surface area (Å²) in [6, 6.07) is 13.9. The molecule has 122 valence electrons. The Kier molecular flexibility index (Phi) is 6.53. The maximum atomic E-state index is 12.0. The summed E-state index contributed by atoms with van der Waals surface area (Å²) in [5.74, 6) is 2.10. The van der Waals surface area contributed by atoms with Crippen LogP contribution in [0.25, 0.3) is 0 Å². The fraction of sp³-hybridized carbons (Fsp3) is 0.316. The topological polar surface area (TPSA) is 38.3 Å². The van der Waals surface area contributed by atoms with Crippen LogP contribution in [0, 0.1) is 13.8 Å². The van der Waals surface area contributed by atoms with E-state index in [1.807, 2.05) is 56.3 Å². The van der Waals surface area contributed by atoms with Gasteiger partial charge in [0.25, 0.3) is 0 Å². The Balaban J connectivity index is 1.84. The average molecular weight is 329 g/mol. The summed E-state index contributed by atoms with van der Waals surface area (Å²) in [5, 5.41) is 2.94. The first-order valence-corrected chi connectivity index (χ1v) is 8.91. The van der Waals surface area contributed by atoms with Crippen LogP contribution < -0.4 is 10.1 Å². The second-order valence-electron chi connectivity index (χ2n) is 5.38. The average Bonchev–Trinajstić information content (AvgIpc) is 2.53. The van der Waals surface area contributed by atoms with Gasteiger partial charge in [-0.3, -0.25) is 4.79 Å². The molecule has 4 heteroatoms. The molecule has 3 nitrogen and oxygen atoms in total. The summed E-state index contributed by atoms with van der Waals surface area (Å²) in [5.41, 5.74) is 4.39. The van der Waals surface area contributed by atoms with Crippen molar-refractivity contribution in [2.24, 2.45) is 0 Å². The third kappa shape index (κ3) is 5.32. The second kappa shape index (κ2) is 8.63. The first kappa shape index (κ1) is 17.4. The highest BCUT2D eigenvalue weighted by Crippen LogP contribution is 2.23. The molecule has 1 amide bonds. The van der Waals surface area contributed by atoms with Crippen LogP contribution in [0.2, 0.25) is 0 Å². The van der Waals surface area contributed by atoms with Gasteiger partial charge < -0.3 is 10.1 Å². The molecule has 0 fully saturated rings. The molecule has 0 bridgehead atoms. The number of nitrogens with one attached hydrogen (secondary N) is 1. The van der Waals surface area contributed by atoms with Gasteiger partial charge in [-0.15, -0.1) is 11.8 Å². The Bertz CT molecular complexity index is 670. The van der Waals surface area contributed by atoms with Gasteiger partial charge in [0.2, 0.25) is 5.91 Å². The van der Waals surface area contributed by atoms with E-state index < -0.39 is 0 Å². The van der Waals surface area contributed by atoms with Crippen molar-refractivity contribution in [2.75, 3.05) is 17.7 Å². The fourth-order valence-electron chi connectivity index (χ4n) is 2.19. The predicted octanol–water partition coefficient (Wildman–Crippen LogP) is 4.57. The maximum Gasteiger partial charge on any atom is 0.234 e. The summed E-state index contributed by atoms with van der Waals surface area (Å²) in [6.07, 6.45) is 0. The molecule has 2 rings (SSSR count). The smallest absolute Gasteiger partial charge is 0.234 e. The van der Waals surface area contributed by atoms with E-state index in [1.54, 1.807) is 11.8 Å². The lowest BCUT2D eigenvalue weighted by Crippen LogP contribution is -2.14. The van der Waals surface area contributed by atoms with Crippen LogP contribution in [0.15, 0.2) is 42.5 Å². The Morgan fingerprint density at radius 1 is 1.13 bits per heavy atom. The van der Waals surface area contributed by atoms with Crippen molar-refractivity contribution in [3.05, 3.63) is 59.2 Å². The van der Waals surface area contributed by atoms with Crippen LogP contribution in [-0.4, -0.2) is 18.3 Å². The lowest BCUT2D eigenvalue weighted by molar-refractivity contribution is -0.113. The van der Waals surface area contributed by atoms with Crippen LogP contribution in [-0.2, 0) is 10.5 Å². The number of aryl methyl sites for hydroxylation is 2. The minimum atomic E-state index is 0.0205. The van der Waals surface area contributed by atoms with Gasteiger partial charge in [0.05, 0.1) is 12.4 Å². The highest BCUT2D eigenvalue weighted by atomic mass is 32.2. The van der Waals surface area contributed by atoms with Crippen LogP contribution in [0.1, 0.15) is 23.6 Å². The number of ether oxygens (including phenoxy) is 1. The summed E-state index contributed by atoms with van der Waals surface area (Å²) < 4.78 is 5.60. The third-order valence-electron chi connectivity index (χ3n) is 3.55. The van der Waals surface area contributed by atoms with Crippen LogP contribution in [0.4, 0.5) is 5.69 Å². The van der Waals surface area contributed by atoms with E-state index in [0.717, 1.165) is 22.8 Å². The van der Waals surface area contributed by atoms with Gasteiger partial charge in [-0.25, -0.2) is 0 Å². The molecule has 23 heavy (non-hydrogen) atoms. The summed E-state index contributed by atoms with van der Waals surface area (Å²) in [7, 11) is 0. The molecule has 0 aliphatic heterocycles. The van der Waals surface area contributed by atoms with Crippen molar-refractivity contribution in [3.8, 4) is 5.75 Å². The predicted molar refractivity (Wildman–Crippen MR) is 98.3 cm³/mol. The molecule has 0 radical (unpaired) electrons. The van der Waals surface area contributed by atoms with Crippen molar-refractivity contribution in [3.63, 3.8) is 0 Å². The number of thioether (sulfide) groups is 1. The zero-order chi connectivity index (χ0) is 16.7. The van der Waals surface area contributed by atoms with E-state index in [9.17, 15) is 4.79 Å². The number of amides is 1. The van der Waals surface area contributed by atoms with E-state index >= 15 is 0 Å². The Hall–Kier alpha value is -1.94. The number of carbonyl (C=O) groups excluding carboxylic acids is 1. The lowest BCUT2D eigenvalue weighted by atomic mass is 10.1. The maximum absolute atomic E-state index is 12.0. The molecule has 0 aliphatic rings. The summed E-state index contributed by atoms with van der Waals surface area (Å²) >= 11 is 1.59. The highest BCUT2D eigenvalue weighted by molar-refractivity contribution is 7.99. The minimum Gasteiger partial charge on any atom is -0.494 e. The van der Waals surface area contributed by atoms with Crippen LogP contribution in [0.3, 0.4) is 0 Å². The van der Waals surface area contributed by atoms with Crippen molar-refractivity contribution < 1.29 is 9.53 Å². The molecule has 0 heterocycles. The molecule has 0 aliphatic carbocycles. The molecule has 1 N–H and O–H groups in total. The van der Waals surface area contributed by atoms with Gasteiger partial charge in [-0.1, -0.05) is 24.3 Å². The molecule has 0 saturated carbocycles. The molecule has 0 atom stereocenters. The molecule has 2 aromatic rings. The van der Waals surface area contributed by atoms with Gasteiger partial charge in [-0.05, 0) is 50.1 Å². The third-order valence-corrected chi connectivity index (χ3v) is 4.54. The van der Waals surface area contributed by atoms with E-state index in [4.69, 9.17) is 4.74 Å². The van der Waals surface area contributed by atoms with Crippen molar-refractivity contribution in [2.45, 2.75) is 26.5 Å². The fourth-order valence-corrected chi connectivity index (χ4v) is 3.01. The number of carbonyl (C=O) groups is 1. The van der Waals surface area contributed by atoms with Gasteiger partial charge in [0.1, 0.15) is 5.75 Å². The first-order valence-electron chi connectivity index (χ1n) is 7.75.